The molecule has 0 aliphatic carbocycles. The molecule has 0 spiro atoms. The summed E-state index contributed by atoms with van der Waals surface area (Å²) in [6.45, 7) is 4.37. The van der Waals surface area contributed by atoms with Gasteiger partial charge in [0.05, 0.1) is 0 Å². The van der Waals surface area contributed by atoms with Crippen molar-refractivity contribution in [1.82, 2.24) is 10.9 Å². The molecule has 1 aromatic carbocycles. The van der Waals surface area contributed by atoms with Gasteiger partial charge in [0, 0.05) is 12.5 Å². The summed E-state index contributed by atoms with van der Waals surface area (Å²) < 4.78 is 5.44. The van der Waals surface area contributed by atoms with Crippen molar-refractivity contribution in [3.8, 4) is 18.1 Å². The van der Waals surface area contributed by atoms with Gasteiger partial charge < -0.3 is 4.74 Å². The maximum Gasteiger partial charge on any atom is 0.234 e. The zero-order valence-electron chi connectivity index (χ0n) is 12.3. The van der Waals surface area contributed by atoms with E-state index in [-0.39, 0.29) is 24.5 Å². The Morgan fingerprint density at radius 3 is 3.10 bits per heavy atom. The molecule has 2 unspecified atom stereocenters. The number of rotatable bonds is 4. The van der Waals surface area contributed by atoms with Crippen LogP contribution in [0.2, 0.25) is 0 Å². The van der Waals surface area contributed by atoms with Crippen LogP contribution in [0.5, 0.6) is 5.75 Å². The number of benzene rings is 1. The van der Waals surface area contributed by atoms with Crippen molar-refractivity contribution in [2.75, 3.05) is 6.61 Å². The van der Waals surface area contributed by atoms with Crippen LogP contribution in [0.3, 0.4) is 0 Å². The molecular formula is C17H20N2O2. The molecule has 1 aliphatic rings. The van der Waals surface area contributed by atoms with E-state index in [0.29, 0.717) is 6.42 Å². The highest BCUT2D eigenvalue weighted by Crippen LogP contribution is 2.22. The molecule has 4 heteroatoms. The predicted octanol–water partition coefficient (Wildman–Crippen LogP) is 2.13. The van der Waals surface area contributed by atoms with E-state index in [0.717, 1.165) is 16.9 Å². The van der Waals surface area contributed by atoms with Gasteiger partial charge in [0.2, 0.25) is 5.91 Å². The van der Waals surface area contributed by atoms with Gasteiger partial charge in [-0.1, -0.05) is 31.1 Å². The topological polar surface area (TPSA) is 50.4 Å². The van der Waals surface area contributed by atoms with E-state index in [1.165, 1.54) is 0 Å². The first kappa shape index (κ1) is 15.1. The average molecular weight is 284 g/mol. The fraction of sp³-hybridized carbons (Fsp3) is 0.353. The largest absolute Gasteiger partial charge is 0.481 e. The van der Waals surface area contributed by atoms with Crippen LogP contribution in [0.1, 0.15) is 25.8 Å². The Labute approximate surface area is 125 Å². The minimum Gasteiger partial charge on any atom is -0.481 e. The molecule has 4 nitrogen and oxygen atoms in total. The summed E-state index contributed by atoms with van der Waals surface area (Å²) >= 11 is 0. The van der Waals surface area contributed by atoms with E-state index in [4.69, 9.17) is 11.2 Å². The highest BCUT2D eigenvalue weighted by atomic mass is 16.5. The molecule has 0 bridgehead atoms. The summed E-state index contributed by atoms with van der Waals surface area (Å²) in [6.07, 6.45) is 7.86. The van der Waals surface area contributed by atoms with Gasteiger partial charge in [0.1, 0.15) is 12.4 Å². The molecule has 2 rings (SSSR count). The number of terminal acetylenes is 1. The number of carbonyl (C=O) groups excluding carboxylic acids is 1. The van der Waals surface area contributed by atoms with Crippen molar-refractivity contribution in [1.29, 1.82) is 0 Å². The van der Waals surface area contributed by atoms with Crippen molar-refractivity contribution >= 4 is 11.5 Å². The Balaban J connectivity index is 2.11. The van der Waals surface area contributed by atoms with Gasteiger partial charge in [-0.05, 0) is 36.1 Å². The van der Waals surface area contributed by atoms with E-state index in [1.54, 1.807) is 0 Å². The lowest BCUT2D eigenvalue weighted by atomic mass is 9.93. The van der Waals surface area contributed by atoms with Crippen LogP contribution in [0.25, 0.3) is 5.57 Å². The van der Waals surface area contributed by atoms with Gasteiger partial charge in [-0.25, -0.2) is 5.43 Å². The lowest BCUT2D eigenvalue weighted by Crippen LogP contribution is -2.52. The SMILES string of the molecule is C#CCOc1cccc(/C(C)=C/C2NNC(=O)CC2C)c1. The van der Waals surface area contributed by atoms with Crippen LogP contribution in [0.15, 0.2) is 30.3 Å². The highest BCUT2D eigenvalue weighted by Gasteiger charge is 2.23. The number of amides is 1. The van der Waals surface area contributed by atoms with Crippen LogP contribution >= 0.6 is 0 Å². The van der Waals surface area contributed by atoms with Crippen LogP contribution in [0.4, 0.5) is 0 Å². The van der Waals surface area contributed by atoms with Gasteiger partial charge in [-0.2, -0.15) is 0 Å². The van der Waals surface area contributed by atoms with Crippen LogP contribution in [-0.2, 0) is 4.79 Å². The normalized spacial score (nSPS) is 22.3. The summed E-state index contributed by atoms with van der Waals surface area (Å²) in [5.74, 6) is 3.51. The van der Waals surface area contributed by atoms with Crippen molar-refractivity contribution in [3.05, 3.63) is 35.9 Å². The zero-order chi connectivity index (χ0) is 15.2. The summed E-state index contributed by atoms with van der Waals surface area (Å²) in [6, 6.07) is 7.95. The molecule has 2 atom stereocenters. The minimum absolute atomic E-state index is 0.0366. The van der Waals surface area contributed by atoms with Gasteiger partial charge in [0.15, 0.2) is 0 Å². The standard InChI is InChI=1S/C17H20N2O2/c1-4-8-21-15-7-5-6-14(11-15)12(2)9-16-13(3)10-17(20)19-18-16/h1,5-7,9,11,13,16,18H,8,10H2,2-3H3,(H,19,20)/b12-9+. The highest BCUT2D eigenvalue weighted by molar-refractivity contribution is 5.77. The molecule has 1 saturated heterocycles. The molecule has 1 fully saturated rings. The molecule has 0 saturated carbocycles. The zero-order valence-corrected chi connectivity index (χ0v) is 12.3. The van der Waals surface area contributed by atoms with Crippen molar-refractivity contribution in [2.24, 2.45) is 5.92 Å². The number of allylic oxidation sites excluding steroid dienone is 1. The number of hydrogen-bond acceptors (Lipinski definition) is 3. The summed E-state index contributed by atoms with van der Waals surface area (Å²) in [5.41, 5.74) is 7.92. The van der Waals surface area contributed by atoms with Crippen LogP contribution in [-0.4, -0.2) is 18.6 Å². The Bertz CT molecular complexity index is 587. The Kier molecular flexibility index (Phi) is 5.02. The monoisotopic (exact) mass is 284 g/mol. The van der Waals surface area contributed by atoms with Crippen molar-refractivity contribution < 1.29 is 9.53 Å². The van der Waals surface area contributed by atoms with Crippen molar-refractivity contribution in [2.45, 2.75) is 26.3 Å². The molecule has 1 heterocycles. The quantitative estimate of drug-likeness (QED) is 0.833. The second kappa shape index (κ2) is 6.96. The van der Waals surface area contributed by atoms with Gasteiger partial charge >= 0.3 is 0 Å². The van der Waals surface area contributed by atoms with E-state index < -0.39 is 0 Å². The molecule has 21 heavy (non-hydrogen) atoms. The second-order valence-corrected chi connectivity index (χ2v) is 5.27. The maximum absolute atomic E-state index is 11.3. The first-order valence-corrected chi connectivity index (χ1v) is 6.99. The Morgan fingerprint density at radius 2 is 2.38 bits per heavy atom. The van der Waals surface area contributed by atoms with E-state index >= 15 is 0 Å². The molecule has 0 aromatic heterocycles. The van der Waals surface area contributed by atoms with Crippen molar-refractivity contribution in [3.63, 3.8) is 0 Å². The fourth-order valence-corrected chi connectivity index (χ4v) is 2.30. The number of nitrogens with one attached hydrogen (secondary N) is 2. The number of ether oxygens (including phenoxy) is 1. The van der Waals surface area contributed by atoms with E-state index in [2.05, 4.69) is 29.8 Å². The van der Waals surface area contributed by atoms with Crippen LogP contribution < -0.4 is 15.6 Å². The Morgan fingerprint density at radius 1 is 1.57 bits per heavy atom. The number of carbonyl (C=O) groups is 1. The number of hydrazine groups is 1. The average Bonchev–Trinajstić information content (AvgIpc) is 2.48. The summed E-state index contributed by atoms with van der Waals surface area (Å²) in [4.78, 5) is 11.3. The Hall–Kier alpha value is -2.25. The third kappa shape index (κ3) is 4.11. The van der Waals surface area contributed by atoms with Gasteiger partial charge in [-0.3, -0.25) is 10.2 Å². The predicted molar refractivity (Wildman–Crippen MR) is 83.3 cm³/mol. The smallest absolute Gasteiger partial charge is 0.234 e. The van der Waals surface area contributed by atoms with E-state index in [9.17, 15) is 4.79 Å². The first-order valence-electron chi connectivity index (χ1n) is 6.99. The molecule has 110 valence electrons. The molecular weight excluding hydrogens is 264 g/mol. The maximum atomic E-state index is 11.3. The van der Waals surface area contributed by atoms with E-state index in [1.807, 2.05) is 31.2 Å². The molecule has 2 N–H and O–H groups in total. The molecule has 1 aliphatic heterocycles. The summed E-state index contributed by atoms with van der Waals surface area (Å²) in [7, 11) is 0. The third-order valence-electron chi connectivity index (χ3n) is 3.54. The third-order valence-corrected chi connectivity index (χ3v) is 3.54. The lowest BCUT2D eigenvalue weighted by Gasteiger charge is -2.28. The molecule has 1 aromatic rings. The lowest BCUT2D eigenvalue weighted by molar-refractivity contribution is -0.125. The number of hydrogen-bond donors (Lipinski definition) is 2. The van der Waals surface area contributed by atoms with Crippen LogP contribution in [0, 0.1) is 18.3 Å². The molecule has 1 amide bonds. The van der Waals surface area contributed by atoms with Gasteiger partial charge in [-0.15, -0.1) is 6.42 Å². The minimum atomic E-state index is 0.0366. The fourth-order valence-electron chi connectivity index (χ4n) is 2.30. The summed E-state index contributed by atoms with van der Waals surface area (Å²) in [5, 5.41) is 0. The molecule has 0 radical (unpaired) electrons. The second-order valence-electron chi connectivity index (χ2n) is 5.27. The van der Waals surface area contributed by atoms with Gasteiger partial charge in [0.25, 0.3) is 0 Å². The first-order chi connectivity index (χ1) is 10.1.